The quantitative estimate of drug-likeness (QED) is 0.485. The second-order valence-electron chi connectivity index (χ2n) is 5.57. The number of amides is 1. The first-order valence-corrected chi connectivity index (χ1v) is 9.15. The highest BCUT2D eigenvalue weighted by molar-refractivity contribution is 7.99. The first kappa shape index (κ1) is 18.0. The highest BCUT2D eigenvalue weighted by atomic mass is 32.2. The second-order valence-corrected chi connectivity index (χ2v) is 6.74. The normalized spacial score (nSPS) is 10.5. The van der Waals surface area contributed by atoms with Crippen LogP contribution in [0.2, 0.25) is 0 Å². The molecule has 0 unspecified atom stereocenters. The molecule has 3 rings (SSSR count). The van der Waals surface area contributed by atoms with Crippen molar-refractivity contribution >= 4 is 17.7 Å². The number of ether oxygens (including phenoxy) is 1. The molecule has 26 heavy (non-hydrogen) atoms. The molecule has 1 aromatic heterocycles. The van der Waals surface area contributed by atoms with E-state index < -0.39 is 0 Å². The maximum Gasteiger partial charge on any atom is 0.257 e. The van der Waals surface area contributed by atoms with E-state index in [0.717, 1.165) is 11.3 Å². The number of nitrogens with one attached hydrogen (secondary N) is 1. The number of nitrogens with zero attached hydrogens (tertiary/aromatic N) is 2. The molecule has 0 bridgehead atoms. The first-order valence-electron chi connectivity index (χ1n) is 8.16. The van der Waals surface area contributed by atoms with Gasteiger partial charge in [0.05, 0.1) is 0 Å². The van der Waals surface area contributed by atoms with E-state index in [2.05, 4.69) is 46.7 Å². The molecular formula is C19H19N3O3S. The topological polar surface area (TPSA) is 77.2 Å². The van der Waals surface area contributed by atoms with Gasteiger partial charge in [-0.1, -0.05) is 17.7 Å². The molecule has 7 heteroatoms. The van der Waals surface area contributed by atoms with Gasteiger partial charge in [0, 0.05) is 22.8 Å². The number of thioether (sulfide) groups is 1. The molecule has 3 aromatic rings. The van der Waals surface area contributed by atoms with Crippen LogP contribution < -0.4 is 10.1 Å². The van der Waals surface area contributed by atoms with Crippen LogP contribution >= 0.6 is 11.8 Å². The molecule has 0 aliphatic heterocycles. The SMILES string of the molecule is Cc1ccc(SCCNC(=O)COc2ccc(-c3nnco3)cc2)cc1. The summed E-state index contributed by atoms with van der Waals surface area (Å²) in [6, 6.07) is 15.5. The lowest BCUT2D eigenvalue weighted by Crippen LogP contribution is -2.30. The zero-order chi connectivity index (χ0) is 18.2. The summed E-state index contributed by atoms with van der Waals surface area (Å²) in [5.41, 5.74) is 2.04. The molecule has 1 N–H and O–H groups in total. The van der Waals surface area contributed by atoms with E-state index in [1.54, 1.807) is 36.0 Å². The lowest BCUT2D eigenvalue weighted by Gasteiger charge is -2.08. The Morgan fingerprint density at radius 3 is 2.62 bits per heavy atom. The van der Waals surface area contributed by atoms with E-state index in [4.69, 9.17) is 9.15 Å². The van der Waals surface area contributed by atoms with Crippen LogP contribution in [0.1, 0.15) is 5.56 Å². The van der Waals surface area contributed by atoms with Gasteiger partial charge in [-0.3, -0.25) is 4.79 Å². The van der Waals surface area contributed by atoms with Gasteiger partial charge in [0.2, 0.25) is 12.3 Å². The number of carbonyl (C=O) groups excluding carboxylic acids is 1. The molecule has 2 aromatic carbocycles. The molecule has 0 radical (unpaired) electrons. The highest BCUT2D eigenvalue weighted by Crippen LogP contribution is 2.20. The van der Waals surface area contributed by atoms with Gasteiger partial charge < -0.3 is 14.5 Å². The Bertz CT molecular complexity index is 818. The van der Waals surface area contributed by atoms with E-state index in [1.807, 2.05) is 0 Å². The zero-order valence-corrected chi connectivity index (χ0v) is 15.2. The Hall–Kier alpha value is -2.80. The Kier molecular flexibility index (Phi) is 6.27. The minimum Gasteiger partial charge on any atom is -0.484 e. The number of benzene rings is 2. The summed E-state index contributed by atoms with van der Waals surface area (Å²) in [4.78, 5) is 13.0. The Balaban J connectivity index is 1.35. The Labute approximate surface area is 156 Å². The standard InChI is InChI=1S/C19H19N3O3S/c1-14-2-8-17(9-3-14)26-11-10-20-18(23)12-24-16-6-4-15(5-7-16)19-22-21-13-25-19/h2-9,13H,10-12H2,1H3,(H,20,23). The predicted octanol–water partition coefficient (Wildman–Crippen LogP) is 3.33. The average Bonchev–Trinajstić information content (AvgIpc) is 3.20. The molecule has 0 aliphatic rings. The maximum atomic E-state index is 11.8. The molecule has 6 nitrogen and oxygen atoms in total. The Morgan fingerprint density at radius 2 is 1.92 bits per heavy atom. The maximum absolute atomic E-state index is 11.8. The van der Waals surface area contributed by atoms with Crippen molar-refractivity contribution in [3.8, 4) is 17.2 Å². The highest BCUT2D eigenvalue weighted by Gasteiger charge is 2.05. The number of aromatic nitrogens is 2. The van der Waals surface area contributed by atoms with Gasteiger partial charge in [-0.15, -0.1) is 22.0 Å². The summed E-state index contributed by atoms with van der Waals surface area (Å²) in [6.07, 6.45) is 1.28. The van der Waals surface area contributed by atoms with Crippen LogP contribution in [0.15, 0.2) is 64.2 Å². The van der Waals surface area contributed by atoms with Crippen molar-refractivity contribution in [2.75, 3.05) is 18.9 Å². The van der Waals surface area contributed by atoms with Gasteiger partial charge in [0.1, 0.15) is 5.75 Å². The third-order valence-electron chi connectivity index (χ3n) is 3.55. The van der Waals surface area contributed by atoms with Crippen molar-refractivity contribution in [1.29, 1.82) is 0 Å². The molecule has 1 amide bonds. The van der Waals surface area contributed by atoms with Crippen LogP contribution in [0.4, 0.5) is 0 Å². The van der Waals surface area contributed by atoms with E-state index >= 15 is 0 Å². The third-order valence-corrected chi connectivity index (χ3v) is 4.56. The third kappa shape index (κ3) is 5.35. The van der Waals surface area contributed by atoms with Crippen LogP contribution in [0.3, 0.4) is 0 Å². The monoisotopic (exact) mass is 369 g/mol. The van der Waals surface area contributed by atoms with Crippen LogP contribution in [0.5, 0.6) is 5.75 Å². The fourth-order valence-corrected chi connectivity index (χ4v) is 2.95. The fraction of sp³-hybridized carbons (Fsp3) is 0.211. The van der Waals surface area contributed by atoms with Gasteiger partial charge in [-0.2, -0.15) is 0 Å². The number of hydrogen-bond acceptors (Lipinski definition) is 6. The number of hydrogen-bond donors (Lipinski definition) is 1. The molecule has 0 fully saturated rings. The van der Waals surface area contributed by atoms with Gasteiger partial charge in [0.25, 0.3) is 5.91 Å². The van der Waals surface area contributed by atoms with E-state index in [1.165, 1.54) is 16.9 Å². The summed E-state index contributed by atoms with van der Waals surface area (Å²) >= 11 is 1.71. The molecule has 134 valence electrons. The van der Waals surface area contributed by atoms with Gasteiger partial charge in [0.15, 0.2) is 6.61 Å². The van der Waals surface area contributed by atoms with E-state index in [0.29, 0.717) is 18.2 Å². The van der Waals surface area contributed by atoms with Crippen LogP contribution in [-0.4, -0.2) is 35.0 Å². The lowest BCUT2D eigenvalue weighted by atomic mass is 10.2. The summed E-state index contributed by atoms with van der Waals surface area (Å²) in [7, 11) is 0. The number of rotatable bonds is 8. The molecular weight excluding hydrogens is 350 g/mol. The van der Waals surface area contributed by atoms with Crippen molar-refractivity contribution in [3.63, 3.8) is 0 Å². The minimum absolute atomic E-state index is 0.0187. The summed E-state index contributed by atoms with van der Waals surface area (Å²) in [5, 5.41) is 10.3. The molecule has 0 saturated heterocycles. The second kappa shape index (κ2) is 9.05. The largest absolute Gasteiger partial charge is 0.484 e. The van der Waals surface area contributed by atoms with Crippen molar-refractivity contribution in [1.82, 2.24) is 15.5 Å². The number of carbonyl (C=O) groups is 1. The van der Waals surface area contributed by atoms with Crippen LogP contribution in [0, 0.1) is 6.92 Å². The van der Waals surface area contributed by atoms with E-state index in [9.17, 15) is 4.79 Å². The summed E-state index contributed by atoms with van der Waals surface area (Å²) in [5.74, 6) is 1.72. The number of aryl methyl sites for hydroxylation is 1. The molecule has 0 aliphatic carbocycles. The predicted molar refractivity (Wildman–Crippen MR) is 100 cm³/mol. The van der Waals surface area contributed by atoms with Crippen molar-refractivity contribution in [3.05, 3.63) is 60.5 Å². The van der Waals surface area contributed by atoms with Crippen molar-refractivity contribution < 1.29 is 13.9 Å². The van der Waals surface area contributed by atoms with Crippen LogP contribution in [-0.2, 0) is 4.79 Å². The minimum atomic E-state index is -0.143. The van der Waals surface area contributed by atoms with Gasteiger partial charge in [-0.25, -0.2) is 0 Å². The summed E-state index contributed by atoms with van der Waals surface area (Å²) < 4.78 is 10.6. The first-order chi connectivity index (χ1) is 12.7. The fourth-order valence-electron chi connectivity index (χ4n) is 2.19. The van der Waals surface area contributed by atoms with Gasteiger partial charge in [-0.05, 0) is 43.3 Å². The van der Waals surface area contributed by atoms with Crippen molar-refractivity contribution in [2.24, 2.45) is 0 Å². The average molecular weight is 369 g/mol. The summed E-state index contributed by atoms with van der Waals surface area (Å²) in [6.45, 7) is 2.64. The lowest BCUT2D eigenvalue weighted by molar-refractivity contribution is -0.122. The molecule has 0 saturated carbocycles. The molecule has 0 atom stereocenters. The zero-order valence-electron chi connectivity index (χ0n) is 14.3. The van der Waals surface area contributed by atoms with Crippen LogP contribution in [0.25, 0.3) is 11.5 Å². The molecule has 0 spiro atoms. The van der Waals surface area contributed by atoms with E-state index in [-0.39, 0.29) is 12.5 Å². The Morgan fingerprint density at radius 1 is 1.15 bits per heavy atom. The van der Waals surface area contributed by atoms with Crippen molar-refractivity contribution in [2.45, 2.75) is 11.8 Å². The molecule has 1 heterocycles. The smallest absolute Gasteiger partial charge is 0.257 e. The van der Waals surface area contributed by atoms with Gasteiger partial charge >= 0.3 is 0 Å².